The minimum Gasteiger partial charge on any atom is -0.373 e. The molecule has 0 spiro atoms. The summed E-state index contributed by atoms with van der Waals surface area (Å²) >= 11 is 0. The SMILES string of the molecule is CNc1nc([C@@H]2CCCN(C(=O)c3cccnc3)C2)nc2c1CCN(C)C2. The van der Waals surface area contributed by atoms with Gasteiger partial charge in [-0.25, -0.2) is 9.97 Å². The Hall–Kier alpha value is -2.54. The molecule has 0 unspecified atom stereocenters. The molecule has 1 saturated heterocycles. The van der Waals surface area contributed by atoms with E-state index in [9.17, 15) is 4.79 Å². The molecule has 2 aliphatic rings. The molecule has 2 aliphatic heterocycles. The standard InChI is InChI=1S/C20H26N6O/c1-21-19-16-7-10-25(2)13-17(16)23-18(24-19)15-6-4-9-26(12-15)20(27)14-5-3-8-22-11-14/h3,5,8,11,15H,4,6-7,9-10,12-13H2,1-2H3,(H,21,23,24)/t15-/m1/s1. The molecule has 1 atom stereocenters. The molecule has 142 valence electrons. The van der Waals surface area contributed by atoms with Crippen LogP contribution in [0.4, 0.5) is 5.82 Å². The predicted octanol–water partition coefficient (Wildman–Crippen LogP) is 1.92. The smallest absolute Gasteiger partial charge is 0.255 e. The fraction of sp³-hybridized carbons (Fsp3) is 0.500. The van der Waals surface area contributed by atoms with Gasteiger partial charge in [-0.15, -0.1) is 0 Å². The molecule has 4 heterocycles. The van der Waals surface area contributed by atoms with Gasteiger partial charge in [-0.1, -0.05) is 0 Å². The third-order valence-corrected chi connectivity index (χ3v) is 5.49. The molecule has 1 N–H and O–H groups in total. The van der Waals surface area contributed by atoms with Crippen molar-refractivity contribution in [1.82, 2.24) is 24.8 Å². The number of piperidine rings is 1. The van der Waals surface area contributed by atoms with Gasteiger partial charge in [0.1, 0.15) is 11.6 Å². The Labute approximate surface area is 159 Å². The Balaban J connectivity index is 1.58. The highest BCUT2D eigenvalue weighted by molar-refractivity contribution is 5.94. The van der Waals surface area contributed by atoms with Gasteiger partial charge in [-0.3, -0.25) is 9.78 Å². The summed E-state index contributed by atoms with van der Waals surface area (Å²) in [5, 5.41) is 3.25. The molecule has 0 radical (unpaired) electrons. The van der Waals surface area contributed by atoms with Crippen molar-refractivity contribution < 1.29 is 4.79 Å². The number of nitrogens with zero attached hydrogens (tertiary/aromatic N) is 5. The third kappa shape index (κ3) is 3.64. The molecule has 1 amide bonds. The Morgan fingerprint density at radius 2 is 2.19 bits per heavy atom. The van der Waals surface area contributed by atoms with Crippen molar-refractivity contribution >= 4 is 11.7 Å². The number of likely N-dealkylation sites (N-methyl/N-ethyl adjacent to an activating group) is 1. The highest BCUT2D eigenvalue weighted by atomic mass is 16.2. The zero-order chi connectivity index (χ0) is 18.8. The van der Waals surface area contributed by atoms with Crippen molar-refractivity contribution in [1.29, 1.82) is 0 Å². The van der Waals surface area contributed by atoms with Crippen molar-refractivity contribution in [3.8, 4) is 0 Å². The van der Waals surface area contributed by atoms with Gasteiger partial charge in [-0.2, -0.15) is 0 Å². The van der Waals surface area contributed by atoms with Gasteiger partial charge < -0.3 is 15.1 Å². The van der Waals surface area contributed by atoms with Crippen molar-refractivity contribution in [2.75, 3.05) is 39.0 Å². The minimum atomic E-state index is 0.0410. The summed E-state index contributed by atoms with van der Waals surface area (Å²) < 4.78 is 0. The first-order valence-corrected chi connectivity index (χ1v) is 9.61. The Morgan fingerprint density at radius 3 is 2.96 bits per heavy atom. The molecule has 2 aromatic rings. The number of amides is 1. The van der Waals surface area contributed by atoms with Crippen LogP contribution in [0, 0.1) is 0 Å². The number of hydrogen-bond acceptors (Lipinski definition) is 6. The second-order valence-electron chi connectivity index (χ2n) is 7.43. The maximum atomic E-state index is 12.8. The predicted molar refractivity (Wildman–Crippen MR) is 104 cm³/mol. The molecule has 7 heteroatoms. The lowest BCUT2D eigenvalue weighted by molar-refractivity contribution is 0.0704. The van der Waals surface area contributed by atoms with Crippen LogP contribution in [0.3, 0.4) is 0 Å². The zero-order valence-corrected chi connectivity index (χ0v) is 16.0. The summed E-state index contributed by atoms with van der Waals surface area (Å²) in [4.78, 5) is 30.8. The van der Waals surface area contributed by atoms with Gasteiger partial charge in [0.05, 0.1) is 11.3 Å². The van der Waals surface area contributed by atoms with Crippen molar-refractivity contribution in [3.05, 3.63) is 47.2 Å². The summed E-state index contributed by atoms with van der Waals surface area (Å²) in [6, 6.07) is 3.63. The van der Waals surface area contributed by atoms with Crippen LogP contribution in [0.15, 0.2) is 24.5 Å². The monoisotopic (exact) mass is 366 g/mol. The average Bonchev–Trinajstić information content (AvgIpc) is 2.72. The molecular formula is C20H26N6O. The van der Waals surface area contributed by atoms with Crippen LogP contribution in [0.2, 0.25) is 0 Å². The zero-order valence-electron chi connectivity index (χ0n) is 16.0. The van der Waals surface area contributed by atoms with E-state index in [0.717, 1.165) is 56.2 Å². The first-order chi connectivity index (χ1) is 13.2. The maximum absolute atomic E-state index is 12.8. The fourth-order valence-electron chi connectivity index (χ4n) is 4.01. The van der Waals surface area contributed by atoms with Crippen LogP contribution >= 0.6 is 0 Å². The number of rotatable bonds is 3. The van der Waals surface area contributed by atoms with E-state index in [1.165, 1.54) is 5.56 Å². The number of fused-ring (bicyclic) bond motifs is 1. The molecule has 2 aromatic heterocycles. The molecule has 7 nitrogen and oxygen atoms in total. The van der Waals surface area contributed by atoms with Crippen LogP contribution in [0.25, 0.3) is 0 Å². The fourth-order valence-corrected chi connectivity index (χ4v) is 4.01. The van der Waals surface area contributed by atoms with Gasteiger partial charge >= 0.3 is 0 Å². The summed E-state index contributed by atoms with van der Waals surface area (Å²) in [6.45, 7) is 3.31. The van der Waals surface area contributed by atoms with E-state index in [0.29, 0.717) is 12.1 Å². The van der Waals surface area contributed by atoms with E-state index in [1.54, 1.807) is 18.5 Å². The van der Waals surface area contributed by atoms with Gasteiger partial charge in [0.2, 0.25) is 0 Å². The Morgan fingerprint density at radius 1 is 1.30 bits per heavy atom. The highest BCUT2D eigenvalue weighted by Gasteiger charge is 2.29. The largest absolute Gasteiger partial charge is 0.373 e. The molecular weight excluding hydrogens is 340 g/mol. The van der Waals surface area contributed by atoms with E-state index >= 15 is 0 Å². The number of nitrogens with one attached hydrogen (secondary N) is 1. The first kappa shape index (κ1) is 17.9. The Bertz CT molecular complexity index is 825. The number of pyridine rings is 1. The van der Waals surface area contributed by atoms with Gasteiger partial charge in [0.15, 0.2) is 0 Å². The lowest BCUT2D eigenvalue weighted by Gasteiger charge is -2.33. The number of aromatic nitrogens is 3. The molecule has 0 aliphatic carbocycles. The number of likely N-dealkylation sites (tertiary alicyclic amines) is 1. The first-order valence-electron chi connectivity index (χ1n) is 9.61. The topological polar surface area (TPSA) is 74.2 Å². The summed E-state index contributed by atoms with van der Waals surface area (Å²) in [6.07, 6.45) is 6.27. The van der Waals surface area contributed by atoms with Crippen molar-refractivity contribution in [2.24, 2.45) is 0 Å². The second kappa shape index (κ2) is 7.60. The lowest BCUT2D eigenvalue weighted by atomic mass is 9.95. The number of carbonyl (C=O) groups excluding carboxylic acids is 1. The molecule has 27 heavy (non-hydrogen) atoms. The molecule has 0 bridgehead atoms. The van der Waals surface area contributed by atoms with E-state index in [4.69, 9.17) is 9.97 Å². The lowest BCUT2D eigenvalue weighted by Crippen LogP contribution is -2.40. The second-order valence-corrected chi connectivity index (χ2v) is 7.43. The number of anilines is 1. The van der Waals surface area contributed by atoms with Crippen molar-refractivity contribution in [2.45, 2.75) is 31.7 Å². The van der Waals surface area contributed by atoms with Gasteiger partial charge in [-0.05, 0) is 38.4 Å². The third-order valence-electron chi connectivity index (χ3n) is 5.49. The quantitative estimate of drug-likeness (QED) is 0.895. The van der Waals surface area contributed by atoms with E-state index in [-0.39, 0.29) is 11.8 Å². The van der Waals surface area contributed by atoms with Crippen LogP contribution in [-0.2, 0) is 13.0 Å². The molecule has 1 fully saturated rings. The van der Waals surface area contributed by atoms with Crippen LogP contribution in [0.5, 0.6) is 0 Å². The highest BCUT2D eigenvalue weighted by Crippen LogP contribution is 2.30. The summed E-state index contributed by atoms with van der Waals surface area (Å²) in [5.41, 5.74) is 2.99. The van der Waals surface area contributed by atoms with Crippen LogP contribution < -0.4 is 5.32 Å². The van der Waals surface area contributed by atoms with Crippen molar-refractivity contribution in [3.63, 3.8) is 0 Å². The van der Waals surface area contributed by atoms with E-state index in [1.807, 2.05) is 18.0 Å². The Kier molecular flexibility index (Phi) is 5.03. The van der Waals surface area contributed by atoms with Gasteiger partial charge in [0.25, 0.3) is 5.91 Å². The maximum Gasteiger partial charge on any atom is 0.255 e. The number of hydrogen-bond donors (Lipinski definition) is 1. The van der Waals surface area contributed by atoms with Gasteiger partial charge in [0, 0.05) is 57.1 Å². The van der Waals surface area contributed by atoms with Crippen LogP contribution in [0.1, 0.15) is 46.2 Å². The minimum absolute atomic E-state index is 0.0410. The molecule has 0 aromatic carbocycles. The number of carbonyl (C=O) groups is 1. The van der Waals surface area contributed by atoms with Crippen LogP contribution in [-0.4, -0.2) is 64.4 Å². The normalized spacial score (nSPS) is 20.2. The molecule has 4 rings (SSSR count). The average molecular weight is 366 g/mol. The molecule has 0 saturated carbocycles. The summed E-state index contributed by atoms with van der Waals surface area (Å²) in [7, 11) is 4.04. The van der Waals surface area contributed by atoms with E-state index < -0.39 is 0 Å². The van der Waals surface area contributed by atoms with E-state index in [2.05, 4.69) is 22.2 Å². The summed E-state index contributed by atoms with van der Waals surface area (Å²) in [5.74, 6) is 2.01.